The Balaban J connectivity index is 1.25. The number of nitrogens with zero attached hydrogens (tertiary/aromatic N) is 2. The van der Waals surface area contributed by atoms with Crippen molar-refractivity contribution < 1.29 is 13.9 Å². The van der Waals surface area contributed by atoms with Crippen LogP contribution in [0.1, 0.15) is 18.5 Å². The molecule has 0 aliphatic carbocycles. The van der Waals surface area contributed by atoms with Crippen LogP contribution in [0.2, 0.25) is 0 Å². The van der Waals surface area contributed by atoms with Gasteiger partial charge in [-0.15, -0.1) is 11.3 Å². The molecule has 7 heteroatoms. The molecule has 1 amide bonds. The van der Waals surface area contributed by atoms with E-state index in [-0.39, 0.29) is 18.4 Å². The maximum absolute atomic E-state index is 12.1. The highest BCUT2D eigenvalue weighted by Crippen LogP contribution is 2.24. The second-order valence-corrected chi connectivity index (χ2v) is 7.21. The highest BCUT2D eigenvalue weighted by molar-refractivity contribution is 7.13. The summed E-state index contributed by atoms with van der Waals surface area (Å²) in [5.74, 6) is 0.723. The van der Waals surface area contributed by atoms with Gasteiger partial charge in [0, 0.05) is 24.5 Å². The van der Waals surface area contributed by atoms with Gasteiger partial charge in [-0.25, -0.2) is 4.98 Å². The number of aromatic nitrogens is 1. The lowest BCUT2D eigenvalue weighted by Gasteiger charge is -2.35. The monoisotopic (exact) mass is 347 g/mol. The van der Waals surface area contributed by atoms with E-state index in [1.54, 1.807) is 6.26 Å². The molecule has 2 aliphatic heterocycles. The molecule has 2 atom stereocenters. The van der Waals surface area contributed by atoms with Crippen molar-refractivity contribution in [1.82, 2.24) is 15.2 Å². The summed E-state index contributed by atoms with van der Waals surface area (Å²) in [6.07, 6.45) is 4.50. The zero-order chi connectivity index (χ0) is 16.4. The van der Waals surface area contributed by atoms with Gasteiger partial charge >= 0.3 is 0 Å². The van der Waals surface area contributed by atoms with Crippen LogP contribution >= 0.6 is 11.3 Å². The largest absolute Gasteiger partial charge is 0.462 e. The van der Waals surface area contributed by atoms with Gasteiger partial charge in [-0.3, -0.25) is 9.69 Å². The molecule has 2 aromatic rings. The SMILES string of the molecule is O=C(Cc1csc(-c2ccco2)n1)NC[C@@H]1CN2CCC[C@@H]2CO1. The highest BCUT2D eigenvalue weighted by Gasteiger charge is 2.32. The van der Waals surface area contributed by atoms with Crippen molar-refractivity contribution in [3.63, 3.8) is 0 Å². The zero-order valence-corrected chi connectivity index (χ0v) is 14.3. The fourth-order valence-electron chi connectivity index (χ4n) is 3.37. The van der Waals surface area contributed by atoms with E-state index in [4.69, 9.17) is 9.15 Å². The maximum atomic E-state index is 12.1. The van der Waals surface area contributed by atoms with Crippen molar-refractivity contribution in [2.75, 3.05) is 26.2 Å². The Morgan fingerprint density at radius 1 is 1.50 bits per heavy atom. The zero-order valence-electron chi connectivity index (χ0n) is 13.4. The van der Waals surface area contributed by atoms with E-state index in [1.165, 1.54) is 24.2 Å². The van der Waals surface area contributed by atoms with Crippen LogP contribution in [0, 0.1) is 0 Å². The van der Waals surface area contributed by atoms with Gasteiger partial charge in [0.25, 0.3) is 0 Å². The molecule has 0 spiro atoms. The molecular formula is C17H21N3O3S. The Kier molecular flexibility index (Phi) is 4.64. The quantitative estimate of drug-likeness (QED) is 0.895. The van der Waals surface area contributed by atoms with Gasteiger partial charge < -0.3 is 14.5 Å². The summed E-state index contributed by atoms with van der Waals surface area (Å²) in [6, 6.07) is 4.29. The van der Waals surface area contributed by atoms with Crippen LogP contribution in [0.25, 0.3) is 10.8 Å². The first-order chi connectivity index (χ1) is 11.8. The van der Waals surface area contributed by atoms with Gasteiger partial charge in [0.2, 0.25) is 5.91 Å². The van der Waals surface area contributed by atoms with E-state index in [0.717, 1.165) is 36.2 Å². The Morgan fingerprint density at radius 3 is 3.33 bits per heavy atom. The molecule has 4 heterocycles. The molecule has 2 aromatic heterocycles. The second kappa shape index (κ2) is 7.04. The molecule has 24 heavy (non-hydrogen) atoms. The molecule has 0 saturated carbocycles. The van der Waals surface area contributed by atoms with Crippen molar-refractivity contribution in [3.05, 3.63) is 29.5 Å². The lowest BCUT2D eigenvalue weighted by atomic mass is 10.2. The molecule has 0 unspecified atom stereocenters. The minimum atomic E-state index is -0.0153. The number of furan rings is 1. The second-order valence-electron chi connectivity index (χ2n) is 6.35. The number of hydrogen-bond acceptors (Lipinski definition) is 6. The first-order valence-corrected chi connectivity index (χ1v) is 9.26. The summed E-state index contributed by atoms with van der Waals surface area (Å²) < 4.78 is 11.2. The Bertz CT molecular complexity index is 685. The minimum absolute atomic E-state index is 0.0153. The predicted molar refractivity (Wildman–Crippen MR) is 90.9 cm³/mol. The van der Waals surface area contributed by atoms with E-state index >= 15 is 0 Å². The van der Waals surface area contributed by atoms with Gasteiger partial charge in [-0.05, 0) is 31.5 Å². The van der Waals surface area contributed by atoms with E-state index in [0.29, 0.717) is 12.6 Å². The van der Waals surface area contributed by atoms with Gasteiger partial charge in [0.1, 0.15) is 0 Å². The minimum Gasteiger partial charge on any atom is -0.462 e. The lowest BCUT2D eigenvalue weighted by molar-refractivity contribution is -0.122. The van der Waals surface area contributed by atoms with Crippen LogP contribution in [0.4, 0.5) is 0 Å². The summed E-state index contributed by atoms with van der Waals surface area (Å²) in [6.45, 7) is 3.44. The topological polar surface area (TPSA) is 67.6 Å². The number of morpholine rings is 1. The number of amides is 1. The average Bonchev–Trinajstić information content (AvgIpc) is 3.32. The van der Waals surface area contributed by atoms with Gasteiger partial charge in [0.15, 0.2) is 10.8 Å². The summed E-state index contributed by atoms with van der Waals surface area (Å²) in [7, 11) is 0. The number of carbonyl (C=O) groups is 1. The number of nitrogens with one attached hydrogen (secondary N) is 1. The Hall–Kier alpha value is -1.70. The summed E-state index contributed by atoms with van der Waals surface area (Å²) in [5, 5.41) is 5.69. The molecule has 6 nitrogen and oxygen atoms in total. The smallest absolute Gasteiger partial charge is 0.226 e. The third kappa shape index (κ3) is 3.53. The Morgan fingerprint density at radius 2 is 2.46 bits per heavy atom. The predicted octanol–water partition coefficient (Wildman–Crippen LogP) is 1.92. The fourth-order valence-corrected chi connectivity index (χ4v) is 4.15. The van der Waals surface area contributed by atoms with Crippen LogP contribution in [0.3, 0.4) is 0 Å². The molecular weight excluding hydrogens is 326 g/mol. The van der Waals surface area contributed by atoms with E-state index in [9.17, 15) is 4.79 Å². The molecule has 128 valence electrons. The fraction of sp³-hybridized carbons (Fsp3) is 0.529. The van der Waals surface area contributed by atoms with Crippen molar-refractivity contribution in [3.8, 4) is 10.8 Å². The van der Waals surface area contributed by atoms with Crippen LogP contribution in [-0.2, 0) is 16.0 Å². The summed E-state index contributed by atoms with van der Waals surface area (Å²) >= 11 is 1.49. The number of hydrogen-bond donors (Lipinski definition) is 1. The molecule has 0 radical (unpaired) electrons. The van der Waals surface area contributed by atoms with Crippen molar-refractivity contribution >= 4 is 17.2 Å². The summed E-state index contributed by atoms with van der Waals surface area (Å²) in [4.78, 5) is 19.1. The summed E-state index contributed by atoms with van der Waals surface area (Å²) in [5.41, 5.74) is 0.771. The van der Waals surface area contributed by atoms with Crippen molar-refractivity contribution in [2.24, 2.45) is 0 Å². The molecule has 1 N–H and O–H groups in total. The standard InChI is InChI=1S/C17H21N3O3S/c21-16(7-12-11-24-17(19-12)15-4-2-6-22-15)18-8-14-9-20-5-1-3-13(20)10-23-14/h2,4,6,11,13-14H,1,3,5,7-10H2,(H,18,21)/t13-,14-/m1/s1. The number of rotatable bonds is 5. The number of ether oxygens (including phenoxy) is 1. The van der Waals surface area contributed by atoms with Crippen LogP contribution in [0.5, 0.6) is 0 Å². The van der Waals surface area contributed by atoms with E-state index in [1.807, 2.05) is 17.5 Å². The van der Waals surface area contributed by atoms with Gasteiger partial charge in [-0.1, -0.05) is 0 Å². The van der Waals surface area contributed by atoms with Crippen LogP contribution in [-0.4, -0.2) is 54.2 Å². The van der Waals surface area contributed by atoms with E-state index < -0.39 is 0 Å². The van der Waals surface area contributed by atoms with Gasteiger partial charge in [-0.2, -0.15) is 0 Å². The lowest BCUT2D eigenvalue weighted by Crippen LogP contribution is -2.50. The Labute approximate surface area is 144 Å². The number of thiazole rings is 1. The van der Waals surface area contributed by atoms with Crippen LogP contribution in [0.15, 0.2) is 28.2 Å². The van der Waals surface area contributed by atoms with Crippen molar-refractivity contribution in [2.45, 2.75) is 31.4 Å². The van der Waals surface area contributed by atoms with Gasteiger partial charge in [0.05, 0.1) is 31.1 Å². The maximum Gasteiger partial charge on any atom is 0.226 e. The highest BCUT2D eigenvalue weighted by atomic mass is 32.1. The third-order valence-corrected chi connectivity index (χ3v) is 5.52. The molecule has 2 fully saturated rings. The molecule has 0 aromatic carbocycles. The van der Waals surface area contributed by atoms with Crippen LogP contribution < -0.4 is 5.32 Å². The third-order valence-electron chi connectivity index (χ3n) is 4.61. The molecule has 0 bridgehead atoms. The van der Waals surface area contributed by atoms with E-state index in [2.05, 4.69) is 15.2 Å². The number of carbonyl (C=O) groups excluding carboxylic acids is 1. The normalized spacial score (nSPS) is 24.0. The first kappa shape index (κ1) is 15.8. The first-order valence-electron chi connectivity index (χ1n) is 8.38. The molecule has 4 rings (SSSR count). The number of fused-ring (bicyclic) bond motifs is 1. The average molecular weight is 347 g/mol. The van der Waals surface area contributed by atoms with Crippen molar-refractivity contribution in [1.29, 1.82) is 0 Å². The molecule has 2 aliphatic rings. The molecule has 2 saturated heterocycles.